The van der Waals surface area contributed by atoms with Crippen molar-refractivity contribution < 1.29 is 13.7 Å². The Kier molecular flexibility index (Phi) is 5.56. The highest BCUT2D eigenvalue weighted by molar-refractivity contribution is 7.86. The Bertz CT molecular complexity index is 558. The van der Waals surface area contributed by atoms with E-state index in [0.29, 0.717) is 36.8 Å². The zero-order valence-corrected chi connectivity index (χ0v) is 14.3. The van der Waals surface area contributed by atoms with E-state index in [0.717, 1.165) is 12.8 Å². The van der Waals surface area contributed by atoms with Crippen LogP contribution in [-0.4, -0.2) is 45.4 Å². The predicted molar refractivity (Wildman–Crippen MR) is 88.7 cm³/mol. The maximum absolute atomic E-state index is 12.4. The molecule has 122 valence electrons. The molecule has 1 unspecified atom stereocenters. The molecule has 2 rings (SSSR count). The molecule has 0 aromatic carbocycles. The lowest BCUT2D eigenvalue weighted by Gasteiger charge is -2.42. The van der Waals surface area contributed by atoms with Crippen LogP contribution in [0.15, 0.2) is 18.3 Å². The number of ether oxygens (including phenoxy) is 1. The summed E-state index contributed by atoms with van der Waals surface area (Å²) < 4.78 is 17.3. The highest BCUT2D eigenvalue weighted by atomic mass is 32.2. The van der Waals surface area contributed by atoms with Gasteiger partial charge in [-0.15, -0.1) is 0 Å². The van der Waals surface area contributed by atoms with Crippen LogP contribution in [0.3, 0.4) is 0 Å². The zero-order chi connectivity index (χ0) is 16.2. The molecule has 0 radical (unpaired) electrons. The standard InChI is InChI=1S/C16H24N2O3S/c1-4-16(5-2)12-18(10-11-22(16)20)14-13(8-7-9-17-14)15(19)21-6-3/h7-9H,4-6,10-12H2,1-3H3. The summed E-state index contributed by atoms with van der Waals surface area (Å²) in [6.45, 7) is 7.60. The van der Waals surface area contributed by atoms with Crippen molar-refractivity contribution >= 4 is 22.6 Å². The molecule has 1 aromatic heterocycles. The SMILES string of the molecule is CCOC(=O)c1cccnc1N1CCS(=O)C(CC)(CC)C1. The highest BCUT2D eigenvalue weighted by Crippen LogP contribution is 2.31. The van der Waals surface area contributed by atoms with Gasteiger partial charge in [-0.05, 0) is 31.9 Å². The van der Waals surface area contributed by atoms with Crippen LogP contribution in [0.2, 0.25) is 0 Å². The van der Waals surface area contributed by atoms with E-state index in [1.54, 1.807) is 25.3 Å². The number of carbonyl (C=O) groups excluding carboxylic acids is 1. The van der Waals surface area contributed by atoms with E-state index in [2.05, 4.69) is 23.7 Å². The molecule has 0 bridgehead atoms. The van der Waals surface area contributed by atoms with E-state index < -0.39 is 10.8 Å². The lowest BCUT2D eigenvalue weighted by atomic mass is 10.0. The molecule has 0 amide bonds. The van der Waals surface area contributed by atoms with Gasteiger partial charge in [-0.2, -0.15) is 0 Å². The number of esters is 1. The van der Waals surface area contributed by atoms with Crippen molar-refractivity contribution in [2.75, 3.05) is 30.3 Å². The summed E-state index contributed by atoms with van der Waals surface area (Å²) in [6.07, 6.45) is 3.39. The fourth-order valence-corrected chi connectivity index (χ4v) is 4.67. The molecule has 0 aliphatic carbocycles. The van der Waals surface area contributed by atoms with Gasteiger partial charge in [0.05, 0.1) is 11.4 Å². The van der Waals surface area contributed by atoms with Crippen LogP contribution in [0.1, 0.15) is 44.0 Å². The maximum atomic E-state index is 12.4. The molecule has 1 fully saturated rings. The Morgan fingerprint density at radius 1 is 1.41 bits per heavy atom. The molecule has 1 atom stereocenters. The number of aromatic nitrogens is 1. The summed E-state index contributed by atoms with van der Waals surface area (Å²) in [7, 11) is -0.837. The minimum Gasteiger partial charge on any atom is -0.462 e. The molecule has 1 aliphatic rings. The quantitative estimate of drug-likeness (QED) is 0.778. The second-order valence-electron chi connectivity index (χ2n) is 5.46. The van der Waals surface area contributed by atoms with Gasteiger partial charge in [-0.3, -0.25) is 4.21 Å². The fraction of sp³-hybridized carbons (Fsp3) is 0.625. The molecular weight excluding hydrogens is 300 g/mol. The van der Waals surface area contributed by atoms with Crippen molar-refractivity contribution in [3.63, 3.8) is 0 Å². The number of anilines is 1. The topological polar surface area (TPSA) is 59.5 Å². The first kappa shape index (κ1) is 16.9. The van der Waals surface area contributed by atoms with Gasteiger partial charge < -0.3 is 9.64 Å². The Balaban J connectivity index is 2.32. The van der Waals surface area contributed by atoms with Gasteiger partial charge in [0.1, 0.15) is 11.4 Å². The third-order valence-corrected chi connectivity index (χ3v) is 6.60. The van der Waals surface area contributed by atoms with Gasteiger partial charge in [0.25, 0.3) is 0 Å². The Morgan fingerprint density at radius 2 is 2.14 bits per heavy atom. The van der Waals surface area contributed by atoms with E-state index in [1.165, 1.54) is 0 Å². The second kappa shape index (κ2) is 7.22. The van der Waals surface area contributed by atoms with Crippen LogP contribution < -0.4 is 4.90 Å². The number of pyridine rings is 1. The molecule has 2 heterocycles. The summed E-state index contributed by atoms with van der Waals surface area (Å²) >= 11 is 0. The number of rotatable bonds is 5. The van der Waals surface area contributed by atoms with Crippen molar-refractivity contribution in [2.45, 2.75) is 38.4 Å². The Labute approximate surface area is 134 Å². The van der Waals surface area contributed by atoms with Gasteiger partial charge in [0.15, 0.2) is 0 Å². The van der Waals surface area contributed by atoms with Crippen molar-refractivity contribution in [1.29, 1.82) is 0 Å². The van der Waals surface area contributed by atoms with E-state index in [-0.39, 0.29) is 10.7 Å². The summed E-state index contributed by atoms with van der Waals surface area (Å²) in [5.41, 5.74) is 0.484. The van der Waals surface area contributed by atoms with Crippen LogP contribution in [0.5, 0.6) is 0 Å². The second-order valence-corrected chi connectivity index (χ2v) is 7.42. The molecule has 1 aliphatic heterocycles. The highest BCUT2D eigenvalue weighted by Gasteiger charge is 2.40. The molecule has 6 heteroatoms. The molecular formula is C16H24N2O3S. The molecule has 1 saturated heterocycles. The molecule has 0 spiro atoms. The smallest absolute Gasteiger partial charge is 0.341 e. The molecule has 22 heavy (non-hydrogen) atoms. The largest absolute Gasteiger partial charge is 0.462 e. The van der Waals surface area contributed by atoms with E-state index in [9.17, 15) is 9.00 Å². The van der Waals surface area contributed by atoms with Crippen molar-refractivity contribution in [3.8, 4) is 0 Å². The third kappa shape index (κ3) is 3.16. The van der Waals surface area contributed by atoms with E-state index >= 15 is 0 Å². The summed E-state index contributed by atoms with van der Waals surface area (Å²) in [6, 6.07) is 3.48. The lowest BCUT2D eigenvalue weighted by molar-refractivity contribution is 0.0526. The van der Waals surface area contributed by atoms with Crippen LogP contribution in [0, 0.1) is 0 Å². The minimum atomic E-state index is -0.837. The van der Waals surface area contributed by atoms with Crippen LogP contribution in [0.4, 0.5) is 5.82 Å². The Hall–Kier alpha value is -1.43. The van der Waals surface area contributed by atoms with Gasteiger partial charge in [-0.25, -0.2) is 9.78 Å². The summed E-state index contributed by atoms with van der Waals surface area (Å²) in [4.78, 5) is 18.6. The van der Waals surface area contributed by atoms with Gasteiger partial charge in [0.2, 0.25) is 0 Å². The van der Waals surface area contributed by atoms with E-state index in [1.807, 2.05) is 0 Å². The summed E-state index contributed by atoms with van der Waals surface area (Å²) in [5.74, 6) is 0.903. The molecule has 0 N–H and O–H groups in total. The van der Waals surface area contributed by atoms with Gasteiger partial charge >= 0.3 is 5.97 Å². The van der Waals surface area contributed by atoms with Gasteiger partial charge in [0, 0.05) is 35.8 Å². The Morgan fingerprint density at radius 3 is 2.77 bits per heavy atom. The van der Waals surface area contributed by atoms with Crippen LogP contribution in [-0.2, 0) is 15.5 Å². The normalized spacial score (nSPS) is 20.7. The summed E-state index contributed by atoms with van der Waals surface area (Å²) in [5, 5.41) is 0. The fourth-order valence-electron chi connectivity index (χ4n) is 2.90. The zero-order valence-electron chi connectivity index (χ0n) is 13.5. The maximum Gasteiger partial charge on any atom is 0.341 e. The van der Waals surface area contributed by atoms with E-state index in [4.69, 9.17) is 4.74 Å². The number of hydrogen-bond acceptors (Lipinski definition) is 5. The predicted octanol–water partition coefficient (Wildman–Crippen LogP) is 2.39. The van der Waals surface area contributed by atoms with Gasteiger partial charge in [-0.1, -0.05) is 13.8 Å². The lowest BCUT2D eigenvalue weighted by Crippen LogP contribution is -2.53. The molecule has 1 aromatic rings. The average molecular weight is 324 g/mol. The van der Waals surface area contributed by atoms with Crippen molar-refractivity contribution in [2.24, 2.45) is 0 Å². The first-order valence-corrected chi connectivity index (χ1v) is 9.15. The molecule has 5 nitrogen and oxygen atoms in total. The minimum absolute atomic E-state index is 0.221. The number of hydrogen-bond donors (Lipinski definition) is 0. The number of nitrogens with zero attached hydrogens (tertiary/aromatic N) is 2. The van der Waals surface area contributed by atoms with Crippen molar-refractivity contribution in [1.82, 2.24) is 4.98 Å². The van der Waals surface area contributed by atoms with Crippen LogP contribution >= 0.6 is 0 Å². The monoisotopic (exact) mass is 324 g/mol. The third-order valence-electron chi connectivity index (χ3n) is 4.38. The average Bonchev–Trinajstić information content (AvgIpc) is 2.56. The number of carbonyl (C=O) groups is 1. The molecule has 0 saturated carbocycles. The van der Waals surface area contributed by atoms with Crippen molar-refractivity contribution in [3.05, 3.63) is 23.9 Å². The van der Waals surface area contributed by atoms with Crippen LogP contribution in [0.25, 0.3) is 0 Å². The first-order valence-electron chi connectivity index (χ1n) is 7.83. The first-order chi connectivity index (χ1) is 10.6.